The van der Waals surface area contributed by atoms with Crippen LogP contribution in [0.25, 0.3) is 6.08 Å². The fourth-order valence-electron chi connectivity index (χ4n) is 1.94. The third kappa shape index (κ3) is 5.33. The molecule has 0 saturated carbocycles. The van der Waals surface area contributed by atoms with Crippen molar-refractivity contribution in [1.29, 1.82) is 5.26 Å². The number of carboxylic acid groups (broad SMARTS) is 1. The first-order valence-corrected chi connectivity index (χ1v) is 7.59. The molecule has 6 nitrogen and oxygen atoms in total. The number of aliphatic carboxylic acids is 1. The number of ether oxygens (including phenoxy) is 1. The van der Waals surface area contributed by atoms with E-state index in [1.165, 1.54) is 48.5 Å². The van der Waals surface area contributed by atoms with Crippen molar-refractivity contribution in [3.05, 3.63) is 64.4 Å². The van der Waals surface area contributed by atoms with E-state index in [9.17, 15) is 19.2 Å². The lowest BCUT2D eigenvalue weighted by molar-refractivity contribution is -0.139. The van der Waals surface area contributed by atoms with Crippen LogP contribution in [-0.4, -0.2) is 23.6 Å². The van der Waals surface area contributed by atoms with Crippen molar-refractivity contribution in [2.24, 2.45) is 0 Å². The molecule has 0 heterocycles. The minimum atomic E-state index is -1.18. The normalized spacial score (nSPS) is 10.7. The van der Waals surface area contributed by atoms with Gasteiger partial charge in [0.25, 0.3) is 5.91 Å². The van der Waals surface area contributed by atoms with Crippen LogP contribution in [0.3, 0.4) is 0 Å². The van der Waals surface area contributed by atoms with Gasteiger partial charge in [-0.05, 0) is 48.5 Å². The molecule has 0 spiro atoms. The summed E-state index contributed by atoms with van der Waals surface area (Å²) >= 11 is 5.91. The fraction of sp³-hybridized carbons (Fsp3) is 0.0556. The second-order valence-corrected chi connectivity index (χ2v) is 5.43. The standard InChI is InChI=1S/C18H12ClFN2O4/c19-13-1-6-16(26-10-17(23)24)11(8-13)7-12(9-21)18(25)22-15-4-2-14(20)3-5-15/h1-8H,10H2,(H,22,25)(H,23,24)/b12-7+. The molecule has 132 valence electrons. The van der Waals surface area contributed by atoms with E-state index in [-0.39, 0.29) is 16.9 Å². The second kappa shape index (κ2) is 8.65. The van der Waals surface area contributed by atoms with Crippen LogP contribution in [0, 0.1) is 17.1 Å². The summed E-state index contributed by atoms with van der Waals surface area (Å²) in [4.78, 5) is 22.9. The van der Waals surface area contributed by atoms with Gasteiger partial charge in [-0.3, -0.25) is 4.79 Å². The average Bonchev–Trinajstić information content (AvgIpc) is 2.60. The van der Waals surface area contributed by atoms with E-state index in [0.29, 0.717) is 10.7 Å². The Hall–Kier alpha value is -3.37. The number of nitriles is 1. The molecule has 0 unspecified atom stereocenters. The summed E-state index contributed by atoms with van der Waals surface area (Å²) < 4.78 is 18.0. The monoisotopic (exact) mass is 374 g/mol. The van der Waals surface area contributed by atoms with Gasteiger partial charge in [0.15, 0.2) is 6.61 Å². The number of carbonyl (C=O) groups excluding carboxylic acids is 1. The molecular weight excluding hydrogens is 363 g/mol. The predicted molar refractivity (Wildman–Crippen MR) is 93.2 cm³/mol. The number of carboxylic acids is 1. The Morgan fingerprint density at radius 3 is 2.58 bits per heavy atom. The number of nitrogens with zero attached hydrogens (tertiary/aromatic N) is 1. The molecule has 0 saturated heterocycles. The number of halogens is 2. The van der Waals surface area contributed by atoms with E-state index in [0.717, 1.165) is 0 Å². The van der Waals surface area contributed by atoms with Crippen LogP contribution in [-0.2, 0) is 9.59 Å². The van der Waals surface area contributed by atoms with Gasteiger partial charge in [0, 0.05) is 16.3 Å². The van der Waals surface area contributed by atoms with Gasteiger partial charge < -0.3 is 15.2 Å². The zero-order valence-electron chi connectivity index (χ0n) is 13.2. The highest BCUT2D eigenvalue weighted by molar-refractivity contribution is 6.30. The van der Waals surface area contributed by atoms with E-state index in [1.54, 1.807) is 6.07 Å². The SMILES string of the molecule is N#C/C(=C\c1cc(Cl)ccc1OCC(=O)O)C(=O)Nc1ccc(F)cc1. The maximum Gasteiger partial charge on any atom is 0.341 e. The van der Waals surface area contributed by atoms with Gasteiger partial charge in [0.2, 0.25) is 0 Å². The molecule has 1 amide bonds. The maximum atomic E-state index is 12.9. The van der Waals surface area contributed by atoms with E-state index in [1.807, 2.05) is 0 Å². The van der Waals surface area contributed by atoms with Crippen LogP contribution < -0.4 is 10.1 Å². The topological polar surface area (TPSA) is 99.4 Å². The molecule has 0 aliphatic heterocycles. The van der Waals surface area contributed by atoms with Crippen molar-refractivity contribution in [3.63, 3.8) is 0 Å². The van der Waals surface area contributed by atoms with Gasteiger partial charge in [0.1, 0.15) is 23.2 Å². The zero-order chi connectivity index (χ0) is 19.1. The summed E-state index contributed by atoms with van der Waals surface area (Å²) in [5.74, 6) is -2.20. The van der Waals surface area contributed by atoms with Crippen LogP contribution >= 0.6 is 11.6 Å². The van der Waals surface area contributed by atoms with Crippen molar-refractivity contribution in [2.45, 2.75) is 0 Å². The first-order valence-electron chi connectivity index (χ1n) is 7.22. The lowest BCUT2D eigenvalue weighted by Gasteiger charge is -2.09. The summed E-state index contributed by atoms with van der Waals surface area (Å²) in [5, 5.41) is 20.7. The molecule has 0 radical (unpaired) electrons. The molecule has 0 aliphatic rings. The summed E-state index contributed by atoms with van der Waals surface area (Å²) in [6, 6.07) is 11.1. The van der Waals surface area contributed by atoms with E-state index in [4.69, 9.17) is 21.4 Å². The highest BCUT2D eigenvalue weighted by Crippen LogP contribution is 2.25. The van der Waals surface area contributed by atoms with Crippen LogP contribution in [0.15, 0.2) is 48.0 Å². The Morgan fingerprint density at radius 1 is 1.27 bits per heavy atom. The Kier molecular flexibility index (Phi) is 6.31. The minimum Gasteiger partial charge on any atom is -0.481 e. The van der Waals surface area contributed by atoms with Gasteiger partial charge in [0.05, 0.1) is 0 Å². The summed E-state index contributed by atoms with van der Waals surface area (Å²) in [6.45, 7) is -0.591. The molecule has 0 aliphatic carbocycles. The minimum absolute atomic E-state index is 0.152. The van der Waals surface area contributed by atoms with Crippen molar-refractivity contribution in [3.8, 4) is 11.8 Å². The summed E-state index contributed by atoms with van der Waals surface area (Å²) in [6.07, 6.45) is 1.22. The molecule has 0 bridgehead atoms. The van der Waals surface area contributed by atoms with Gasteiger partial charge in [-0.1, -0.05) is 11.6 Å². The molecule has 0 atom stereocenters. The first-order chi connectivity index (χ1) is 12.4. The number of benzene rings is 2. The smallest absolute Gasteiger partial charge is 0.341 e. The predicted octanol–water partition coefficient (Wildman–Crippen LogP) is 3.49. The largest absolute Gasteiger partial charge is 0.481 e. The van der Waals surface area contributed by atoms with Crippen molar-refractivity contribution in [1.82, 2.24) is 0 Å². The highest BCUT2D eigenvalue weighted by Gasteiger charge is 2.12. The van der Waals surface area contributed by atoms with E-state index in [2.05, 4.69) is 5.32 Å². The summed E-state index contributed by atoms with van der Waals surface area (Å²) in [7, 11) is 0. The Labute approximate surface area is 153 Å². The zero-order valence-corrected chi connectivity index (χ0v) is 14.0. The third-order valence-electron chi connectivity index (χ3n) is 3.09. The van der Waals surface area contributed by atoms with Gasteiger partial charge in [-0.2, -0.15) is 5.26 Å². The highest BCUT2D eigenvalue weighted by atomic mass is 35.5. The Bertz CT molecular complexity index is 904. The maximum absolute atomic E-state index is 12.9. The van der Waals surface area contributed by atoms with Gasteiger partial charge in [-0.15, -0.1) is 0 Å². The second-order valence-electron chi connectivity index (χ2n) is 5.00. The number of hydrogen-bond acceptors (Lipinski definition) is 4. The number of amides is 1. The third-order valence-corrected chi connectivity index (χ3v) is 3.33. The summed E-state index contributed by atoms with van der Waals surface area (Å²) in [5.41, 5.74) is 0.312. The fourth-order valence-corrected chi connectivity index (χ4v) is 2.12. The number of carbonyl (C=O) groups is 2. The van der Waals surface area contributed by atoms with Crippen molar-refractivity contribution in [2.75, 3.05) is 11.9 Å². The molecule has 2 rings (SSSR count). The molecule has 2 aromatic carbocycles. The van der Waals surface area contributed by atoms with Gasteiger partial charge >= 0.3 is 5.97 Å². The molecule has 0 fully saturated rings. The van der Waals surface area contributed by atoms with E-state index >= 15 is 0 Å². The number of rotatable bonds is 6. The van der Waals surface area contributed by atoms with Crippen LogP contribution in [0.2, 0.25) is 5.02 Å². The lowest BCUT2D eigenvalue weighted by Crippen LogP contribution is -2.13. The Balaban J connectivity index is 2.28. The quantitative estimate of drug-likeness (QED) is 0.595. The van der Waals surface area contributed by atoms with Crippen LogP contribution in [0.1, 0.15) is 5.56 Å². The van der Waals surface area contributed by atoms with Crippen LogP contribution in [0.4, 0.5) is 10.1 Å². The first kappa shape index (κ1) is 19.0. The van der Waals surface area contributed by atoms with E-state index < -0.39 is 24.3 Å². The Morgan fingerprint density at radius 2 is 1.96 bits per heavy atom. The van der Waals surface area contributed by atoms with Crippen molar-refractivity contribution < 1.29 is 23.8 Å². The molecule has 2 N–H and O–H groups in total. The number of hydrogen-bond donors (Lipinski definition) is 2. The average molecular weight is 375 g/mol. The molecular formula is C18H12ClFN2O4. The number of nitrogens with one attached hydrogen (secondary N) is 1. The molecule has 2 aromatic rings. The lowest BCUT2D eigenvalue weighted by atomic mass is 10.1. The van der Waals surface area contributed by atoms with Crippen LogP contribution in [0.5, 0.6) is 5.75 Å². The molecule has 26 heavy (non-hydrogen) atoms. The molecule has 0 aromatic heterocycles. The number of anilines is 1. The molecule has 8 heteroatoms. The van der Waals surface area contributed by atoms with Crippen molar-refractivity contribution >= 4 is 35.2 Å². The van der Waals surface area contributed by atoms with Gasteiger partial charge in [-0.25, -0.2) is 9.18 Å².